The molecular formula is C16H24N2O4. The Kier molecular flexibility index (Phi) is 7.22. The highest BCUT2D eigenvalue weighted by Gasteiger charge is 2.24. The van der Waals surface area contributed by atoms with Gasteiger partial charge in [-0.05, 0) is 30.0 Å². The Balaban J connectivity index is 2.39. The Hall–Kier alpha value is -2.24. The number of carbonyl (C=O) groups excluding carboxylic acids is 1. The number of carboxylic acids is 1. The fourth-order valence-electron chi connectivity index (χ4n) is 1.99. The molecule has 0 aliphatic heterocycles. The van der Waals surface area contributed by atoms with Crippen molar-refractivity contribution in [3.8, 4) is 5.75 Å². The Labute approximate surface area is 130 Å². The second-order valence-electron chi connectivity index (χ2n) is 5.20. The topological polar surface area (TPSA) is 87.7 Å². The lowest BCUT2D eigenvalue weighted by molar-refractivity contribution is -0.140. The van der Waals surface area contributed by atoms with E-state index >= 15 is 0 Å². The van der Waals surface area contributed by atoms with Crippen LogP contribution < -0.4 is 15.4 Å². The summed E-state index contributed by atoms with van der Waals surface area (Å²) < 4.78 is 5.08. The van der Waals surface area contributed by atoms with Crippen molar-refractivity contribution >= 4 is 12.0 Å². The van der Waals surface area contributed by atoms with Crippen LogP contribution in [-0.4, -0.2) is 36.8 Å². The van der Waals surface area contributed by atoms with E-state index in [-0.39, 0.29) is 5.92 Å². The predicted octanol–water partition coefficient (Wildman–Crippen LogP) is 2.04. The molecule has 0 radical (unpaired) electrons. The third-order valence-corrected chi connectivity index (χ3v) is 3.62. The molecule has 0 saturated carbocycles. The molecule has 2 atom stereocenters. The van der Waals surface area contributed by atoms with Gasteiger partial charge in [0.15, 0.2) is 0 Å². The third kappa shape index (κ3) is 5.63. The molecule has 3 N–H and O–H groups in total. The van der Waals surface area contributed by atoms with Crippen LogP contribution in [0.3, 0.4) is 0 Å². The molecule has 0 aliphatic carbocycles. The monoisotopic (exact) mass is 308 g/mol. The molecule has 22 heavy (non-hydrogen) atoms. The highest BCUT2D eigenvalue weighted by molar-refractivity contribution is 5.82. The molecule has 0 fully saturated rings. The molecule has 0 spiro atoms. The largest absolute Gasteiger partial charge is 0.497 e. The van der Waals surface area contributed by atoms with Crippen molar-refractivity contribution in [1.29, 1.82) is 0 Å². The summed E-state index contributed by atoms with van der Waals surface area (Å²) in [6.07, 6.45) is 1.35. The minimum atomic E-state index is -1.01. The number of rotatable bonds is 8. The molecule has 0 aromatic heterocycles. The van der Waals surface area contributed by atoms with E-state index in [1.54, 1.807) is 14.0 Å². The second kappa shape index (κ2) is 8.92. The van der Waals surface area contributed by atoms with Crippen LogP contribution in [0.1, 0.15) is 25.8 Å². The van der Waals surface area contributed by atoms with Crippen molar-refractivity contribution in [3.05, 3.63) is 29.8 Å². The van der Waals surface area contributed by atoms with Gasteiger partial charge in [0.2, 0.25) is 0 Å². The van der Waals surface area contributed by atoms with Crippen molar-refractivity contribution < 1.29 is 19.4 Å². The van der Waals surface area contributed by atoms with Crippen LogP contribution in [0.2, 0.25) is 0 Å². The zero-order valence-electron chi connectivity index (χ0n) is 13.3. The van der Waals surface area contributed by atoms with Crippen LogP contribution in [-0.2, 0) is 11.2 Å². The molecule has 2 amide bonds. The lowest BCUT2D eigenvalue weighted by Gasteiger charge is -2.20. The maximum absolute atomic E-state index is 11.8. The molecule has 6 heteroatoms. The standard InChI is InChI=1S/C16H24N2O4/c1-4-11(2)14(15(19)20)18-16(21)17-10-9-12-5-7-13(22-3)8-6-12/h5-8,11,14H,4,9-10H2,1-3H3,(H,19,20)(H2,17,18,21). The van der Waals surface area contributed by atoms with Gasteiger partial charge in [0, 0.05) is 6.54 Å². The van der Waals surface area contributed by atoms with Gasteiger partial charge in [-0.3, -0.25) is 0 Å². The molecule has 0 heterocycles. The van der Waals surface area contributed by atoms with Crippen LogP contribution >= 0.6 is 0 Å². The number of nitrogens with one attached hydrogen (secondary N) is 2. The Morgan fingerprint density at radius 1 is 1.27 bits per heavy atom. The van der Waals surface area contributed by atoms with E-state index in [1.807, 2.05) is 31.2 Å². The maximum atomic E-state index is 11.8. The summed E-state index contributed by atoms with van der Waals surface area (Å²) in [7, 11) is 1.61. The van der Waals surface area contributed by atoms with Gasteiger partial charge in [0.25, 0.3) is 0 Å². The summed E-state index contributed by atoms with van der Waals surface area (Å²) in [5.41, 5.74) is 1.07. The number of amides is 2. The van der Waals surface area contributed by atoms with Crippen LogP contribution in [0, 0.1) is 5.92 Å². The molecular weight excluding hydrogens is 284 g/mol. The number of ether oxygens (including phenoxy) is 1. The Morgan fingerprint density at radius 2 is 1.91 bits per heavy atom. The van der Waals surface area contributed by atoms with E-state index in [0.29, 0.717) is 19.4 Å². The van der Waals surface area contributed by atoms with Gasteiger partial charge in [0.1, 0.15) is 11.8 Å². The van der Waals surface area contributed by atoms with Gasteiger partial charge in [-0.15, -0.1) is 0 Å². The molecule has 2 unspecified atom stereocenters. The quantitative estimate of drug-likeness (QED) is 0.686. The summed E-state index contributed by atoms with van der Waals surface area (Å²) >= 11 is 0. The molecule has 0 bridgehead atoms. The number of hydrogen-bond donors (Lipinski definition) is 3. The predicted molar refractivity (Wildman–Crippen MR) is 84.1 cm³/mol. The molecule has 122 valence electrons. The van der Waals surface area contributed by atoms with Gasteiger partial charge >= 0.3 is 12.0 Å². The number of methoxy groups -OCH3 is 1. The SMILES string of the molecule is CCC(C)C(NC(=O)NCCc1ccc(OC)cc1)C(=O)O. The van der Waals surface area contributed by atoms with Crippen LogP contribution in [0.15, 0.2) is 24.3 Å². The van der Waals surface area contributed by atoms with Gasteiger partial charge in [-0.25, -0.2) is 9.59 Å². The molecule has 1 aromatic rings. The Morgan fingerprint density at radius 3 is 2.41 bits per heavy atom. The zero-order chi connectivity index (χ0) is 16.5. The first kappa shape index (κ1) is 17.8. The van der Waals surface area contributed by atoms with E-state index in [1.165, 1.54) is 0 Å². The highest BCUT2D eigenvalue weighted by atomic mass is 16.5. The lowest BCUT2D eigenvalue weighted by atomic mass is 9.99. The van der Waals surface area contributed by atoms with E-state index in [2.05, 4.69) is 10.6 Å². The first-order chi connectivity index (χ1) is 10.5. The van der Waals surface area contributed by atoms with Crippen molar-refractivity contribution in [2.24, 2.45) is 5.92 Å². The van der Waals surface area contributed by atoms with Crippen molar-refractivity contribution in [2.75, 3.05) is 13.7 Å². The van der Waals surface area contributed by atoms with Gasteiger partial charge < -0.3 is 20.5 Å². The lowest BCUT2D eigenvalue weighted by Crippen LogP contribution is -2.49. The fraction of sp³-hybridized carbons (Fsp3) is 0.500. The molecule has 1 rings (SSSR count). The fourth-order valence-corrected chi connectivity index (χ4v) is 1.99. The minimum Gasteiger partial charge on any atom is -0.497 e. The van der Waals surface area contributed by atoms with E-state index in [4.69, 9.17) is 9.84 Å². The first-order valence-electron chi connectivity index (χ1n) is 7.38. The number of urea groups is 1. The number of hydrogen-bond acceptors (Lipinski definition) is 3. The average Bonchev–Trinajstić information content (AvgIpc) is 2.52. The molecule has 0 saturated heterocycles. The molecule has 6 nitrogen and oxygen atoms in total. The Bertz CT molecular complexity index is 487. The van der Waals surface area contributed by atoms with E-state index < -0.39 is 18.0 Å². The number of benzene rings is 1. The third-order valence-electron chi connectivity index (χ3n) is 3.62. The molecule has 1 aromatic carbocycles. The van der Waals surface area contributed by atoms with Crippen LogP contribution in [0.4, 0.5) is 4.79 Å². The summed E-state index contributed by atoms with van der Waals surface area (Å²) in [4.78, 5) is 22.9. The minimum absolute atomic E-state index is 0.121. The second-order valence-corrected chi connectivity index (χ2v) is 5.20. The van der Waals surface area contributed by atoms with E-state index in [0.717, 1.165) is 11.3 Å². The number of aliphatic carboxylic acids is 1. The normalized spacial score (nSPS) is 13.0. The zero-order valence-corrected chi connectivity index (χ0v) is 13.3. The van der Waals surface area contributed by atoms with Crippen molar-refractivity contribution in [3.63, 3.8) is 0 Å². The number of carbonyl (C=O) groups is 2. The van der Waals surface area contributed by atoms with Crippen LogP contribution in [0.5, 0.6) is 5.75 Å². The van der Waals surface area contributed by atoms with Crippen molar-refractivity contribution in [2.45, 2.75) is 32.7 Å². The summed E-state index contributed by atoms with van der Waals surface area (Å²) in [5.74, 6) is -0.350. The average molecular weight is 308 g/mol. The van der Waals surface area contributed by atoms with Gasteiger partial charge in [0.05, 0.1) is 7.11 Å². The highest BCUT2D eigenvalue weighted by Crippen LogP contribution is 2.11. The maximum Gasteiger partial charge on any atom is 0.326 e. The summed E-state index contributed by atoms with van der Waals surface area (Å²) in [6, 6.07) is 6.25. The van der Waals surface area contributed by atoms with Crippen LogP contribution in [0.25, 0.3) is 0 Å². The number of carboxylic acid groups (broad SMARTS) is 1. The van der Waals surface area contributed by atoms with Crippen molar-refractivity contribution in [1.82, 2.24) is 10.6 Å². The van der Waals surface area contributed by atoms with Gasteiger partial charge in [-0.2, -0.15) is 0 Å². The van der Waals surface area contributed by atoms with Gasteiger partial charge in [-0.1, -0.05) is 32.4 Å². The summed E-state index contributed by atoms with van der Waals surface area (Å²) in [6.45, 7) is 4.13. The summed E-state index contributed by atoms with van der Waals surface area (Å²) in [5, 5.41) is 14.3. The smallest absolute Gasteiger partial charge is 0.326 e. The molecule has 0 aliphatic rings. The first-order valence-corrected chi connectivity index (χ1v) is 7.38. The van der Waals surface area contributed by atoms with E-state index in [9.17, 15) is 9.59 Å².